The Morgan fingerprint density at radius 2 is 2.06 bits per heavy atom. The van der Waals surface area contributed by atoms with Crippen LogP contribution in [0.1, 0.15) is 19.4 Å². The minimum absolute atomic E-state index is 0.0684. The first-order valence-corrected chi connectivity index (χ1v) is 5.36. The molecule has 0 heterocycles. The Balaban J connectivity index is 3.02. The minimum atomic E-state index is -0.960. The molecule has 0 fully saturated rings. The molecule has 1 rings (SSSR count). The van der Waals surface area contributed by atoms with E-state index in [1.165, 1.54) is 7.11 Å². The van der Waals surface area contributed by atoms with Gasteiger partial charge < -0.3 is 21.0 Å². The van der Waals surface area contributed by atoms with Crippen LogP contribution < -0.4 is 11.1 Å². The van der Waals surface area contributed by atoms with E-state index in [0.29, 0.717) is 11.3 Å². The highest BCUT2D eigenvalue weighted by Crippen LogP contribution is 2.18. The van der Waals surface area contributed by atoms with E-state index in [2.05, 4.69) is 10.5 Å². The number of oxime groups is 1. The summed E-state index contributed by atoms with van der Waals surface area (Å²) in [5.74, 6) is -0.385. The van der Waals surface area contributed by atoms with E-state index in [9.17, 15) is 4.79 Å². The lowest BCUT2D eigenvalue weighted by Crippen LogP contribution is -2.39. The zero-order valence-electron chi connectivity index (χ0n) is 10.6. The van der Waals surface area contributed by atoms with Crippen LogP contribution in [0.2, 0.25) is 0 Å². The molecule has 0 radical (unpaired) electrons. The second-order valence-electron chi connectivity index (χ2n) is 4.20. The van der Waals surface area contributed by atoms with Gasteiger partial charge in [-0.1, -0.05) is 17.3 Å². The van der Waals surface area contributed by atoms with E-state index < -0.39 is 5.60 Å². The molecule has 1 aromatic carbocycles. The minimum Gasteiger partial charge on any atom is -0.409 e. The van der Waals surface area contributed by atoms with Crippen LogP contribution in [0, 0.1) is 0 Å². The monoisotopic (exact) mass is 251 g/mol. The van der Waals surface area contributed by atoms with Gasteiger partial charge in [0.25, 0.3) is 5.91 Å². The predicted molar refractivity (Wildman–Crippen MR) is 68.7 cm³/mol. The van der Waals surface area contributed by atoms with E-state index in [-0.39, 0.29) is 11.7 Å². The molecule has 0 unspecified atom stereocenters. The highest BCUT2D eigenvalue weighted by atomic mass is 16.5. The van der Waals surface area contributed by atoms with Crippen molar-refractivity contribution in [3.05, 3.63) is 29.8 Å². The Labute approximate surface area is 105 Å². The van der Waals surface area contributed by atoms with Crippen molar-refractivity contribution in [2.75, 3.05) is 12.4 Å². The first-order chi connectivity index (χ1) is 8.42. The normalized spacial score (nSPS) is 12.3. The van der Waals surface area contributed by atoms with Gasteiger partial charge in [-0.15, -0.1) is 0 Å². The van der Waals surface area contributed by atoms with Gasteiger partial charge in [-0.3, -0.25) is 4.79 Å². The molecular weight excluding hydrogens is 234 g/mol. The zero-order valence-corrected chi connectivity index (χ0v) is 10.6. The van der Waals surface area contributed by atoms with Gasteiger partial charge in [0, 0.05) is 12.7 Å². The number of anilines is 1. The van der Waals surface area contributed by atoms with Crippen molar-refractivity contribution in [1.82, 2.24) is 0 Å². The topological polar surface area (TPSA) is 96.9 Å². The molecular formula is C12H17N3O3. The van der Waals surface area contributed by atoms with E-state index in [0.717, 1.165) is 0 Å². The van der Waals surface area contributed by atoms with Gasteiger partial charge >= 0.3 is 0 Å². The van der Waals surface area contributed by atoms with Gasteiger partial charge in [-0.2, -0.15) is 0 Å². The van der Waals surface area contributed by atoms with Crippen LogP contribution in [0.5, 0.6) is 0 Å². The van der Waals surface area contributed by atoms with Crippen LogP contribution in [-0.2, 0) is 9.53 Å². The molecule has 0 aliphatic rings. The van der Waals surface area contributed by atoms with Crippen molar-refractivity contribution >= 4 is 17.4 Å². The summed E-state index contributed by atoms with van der Waals surface area (Å²) in [6.07, 6.45) is 0. The molecule has 1 amide bonds. The third-order valence-electron chi connectivity index (χ3n) is 2.62. The molecule has 4 N–H and O–H groups in total. The van der Waals surface area contributed by atoms with Crippen LogP contribution in [0.4, 0.5) is 5.69 Å². The number of carbonyl (C=O) groups is 1. The zero-order chi connectivity index (χ0) is 13.8. The highest BCUT2D eigenvalue weighted by molar-refractivity contribution is 6.06. The molecule has 98 valence electrons. The molecule has 0 saturated heterocycles. The standard InChI is InChI=1S/C12H17N3O3/c1-12(2,18-3)11(16)14-9-7-5-4-6-8(9)10(13)15-17/h4-7,17H,1-3H3,(H2,13,15)(H,14,16). The van der Waals surface area contributed by atoms with Crippen molar-refractivity contribution in [3.63, 3.8) is 0 Å². The number of nitrogens with two attached hydrogens (primary N) is 1. The smallest absolute Gasteiger partial charge is 0.256 e. The van der Waals surface area contributed by atoms with Crippen molar-refractivity contribution in [1.29, 1.82) is 0 Å². The summed E-state index contributed by atoms with van der Waals surface area (Å²) in [6, 6.07) is 6.77. The third-order valence-corrected chi connectivity index (χ3v) is 2.62. The van der Waals surface area contributed by atoms with Crippen LogP contribution in [0.15, 0.2) is 29.4 Å². The Bertz CT molecular complexity index is 469. The molecule has 0 atom stereocenters. The molecule has 0 aromatic heterocycles. The van der Waals surface area contributed by atoms with Gasteiger partial charge in [0.2, 0.25) is 0 Å². The molecule has 1 aromatic rings. The Morgan fingerprint density at radius 3 is 2.61 bits per heavy atom. The first kappa shape index (κ1) is 14.0. The maximum atomic E-state index is 11.9. The van der Waals surface area contributed by atoms with Crippen molar-refractivity contribution < 1.29 is 14.7 Å². The van der Waals surface area contributed by atoms with Gasteiger partial charge in [0.05, 0.1) is 5.69 Å². The fourth-order valence-corrected chi connectivity index (χ4v) is 1.23. The summed E-state index contributed by atoms with van der Waals surface area (Å²) in [4.78, 5) is 11.9. The van der Waals surface area contributed by atoms with Crippen LogP contribution in [0.3, 0.4) is 0 Å². The first-order valence-electron chi connectivity index (χ1n) is 5.36. The van der Waals surface area contributed by atoms with Crippen molar-refractivity contribution in [2.24, 2.45) is 10.9 Å². The summed E-state index contributed by atoms with van der Waals surface area (Å²) < 4.78 is 5.08. The van der Waals surface area contributed by atoms with Crippen LogP contribution in [-0.4, -0.2) is 29.7 Å². The molecule has 0 aliphatic heterocycles. The largest absolute Gasteiger partial charge is 0.409 e. The average Bonchev–Trinajstić information content (AvgIpc) is 2.38. The molecule has 6 heteroatoms. The van der Waals surface area contributed by atoms with Crippen molar-refractivity contribution in [3.8, 4) is 0 Å². The number of rotatable bonds is 4. The Morgan fingerprint density at radius 1 is 1.44 bits per heavy atom. The molecule has 0 spiro atoms. The van der Waals surface area contributed by atoms with E-state index in [1.54, 1.807) is 38.1 Å². The van der Waals surface area contributed by atoms with Crippen LogP contribution >= 0.6 is 0 Å². The number of nitrogens with one attached hydrogen (secondary N) is 1. The molecule has 18 heavy (non-hydrogen) atoms. The van der Waals surface area contributed by atoms with E-state index in [4.69, 9.17) is 15.7 Å². The maximum absolute atomic E-state index is 11.9. The highest BCUT2D eigenvalue weighted by Gasteiger charge is 2.27. The number of amides is 1. The quantitative estimate of drug-likeness (QED) is 0.323. The van der Waals surface area contributed by atoms with E-state index >= 15 is 0 Å². The van der Waals surface area contributed by atoms with Crippen molar-refractivity contribution in [2.45, 2.75) is 19.4 Å². The summed E-state index contributed by atoms with van der Waals surface area (Å²) in [6.45, 7) is 3.29. The summed E-state index contributed by atoms with van der Waals surface area (Å²) >= 11 is 0. The van der Waals surface area contributed by atoms with Gasteiger partial charge in [0.1, 0.15) is 5.60 Å². The molecule has 0 saturated carbocycles. The average molecular weight is 251 g/mol. The number of carbonyl (C=O) groups excluding carboxylic acids is 1. The SMILES string of the molecule is COC(C)(C)C(=O)Nc1ccccc1/C(N)=N/O. The lowest BCUT2D eigenvalue weighted by Gasteiger charge is -2.22. The Hall–Kier alpha value is -2.08. The lowest BCUT2D eigenvalue weighted by molar-refractivity contribution is -0.133. The number of hydrogen-bond donors (Lipinski definition) is 3. The summed E-state index contributed by atoms with van der Waals surface area (Å²) in [5.41, 5.74) is 5.48. The third kappa shape index (κ3) is 2.98. The second-order valence-corrected chi connectivity index (χ2v) is 4.20. The fraction of sp³-hybridized carbons (Fsp3) is 0.333. The lowest BCUT2D eigenvalue weighted by atomic mass is 10.1. The number of hydrogen-bond acceptors (Lipinski definition) is 4. The number of ether oxygens (including phenoxy) is 1. The second kappa shape index (κ2) is 5.50. The maximum Gasteiger partial charge on any atom is 0.256 e. The van der Waals surface area contributed by atoms with Gasteiger partial charge in [-0.25, -0.2) is 0 Å². The summed E-state index contributed by atoms with van der Waals surface area (Å²) in [5, 5.41) is 14.3. The number of nitrogens with zero attached hydrogens (tertiary/aromatic N) is 1. The number of methoxy groups -OCH3 is 1. The van der Waals surface area contributed by atoms with Gasteiger partial charge in [0.15, 0.2) is 5.84 Å². The molecule has 0 bridgehead atoms. The molecule has 0 aliphatic carbocycles. The predicted octanol–water partition coefficient (Wildman–Crippen LogP) is 1.14. The Kier molecular flexibility index (Phi) is 4.28. The number of para-hydroxylation sites is 1. The number of benzene rings is 1. The molecule has 6 nitrogen and oxygen atoms in total. The van der Waals surface area contributed by atoms with E-state index in [1.807, 2.05) is 0 Å². The number of amidine groups is 1. The van der Waals surface area contributed by atoms with Gasteiger partial charge in [-0.05, 0) is 26.0 Å². The summed E-state index contributed by atoms with van der Waals surface area (Å²) in [7, 11) is 1.45. The fourth-order valence-electron chi connectivity index (χ4n) is 1.23. The van der Waals surface area contributed by atoms with Crippen LogP contribution in [0.25, 0.3) is 0 Å².